The molecule has 0 unspecified atom stereocenters. The summed E-state index contributed by atoms with van der Waals surface area (Å²) >= 11 is 0. The normalized spacial score (nSPS) is 18.6. The van der Waals surface area contributed by atoms with Gasteiger partial charge in [0, 0.05) is 18.8 Å². The number of hydrogen-bond acceptors (Lipinski definition) is 5. The van der Waals surface area contributed by atoms with E-state index in [4.69, 9.17) is 0 Å². The van der Waals surface area contributed by atoms with Gasteiger partial charge in [-0.3, -0.25) is 0 Å². The minimum absolute atomic E-state index is 0.0965. The Hall–Kier alpha value is -1.67. The molecule has 1 fully saturated rings. The Balaban J connectivity index is 2.17. The molecule has 1 aliphatic rings. The van der Waals surface area contributed by atoms with Crippen LogP contribution in [0.1, 0.15) is 39.5 Å². The highest BCUT2D eigenvalue weighted by Gasteiger charge is 2.31. The van der Waals surface area contributed by atoms with E-state index in [1.165, 1.54) is 12.3 Å². The molecule has 0 amide bonds. The van der Waals surface area contributed by atoms with Crippen molar-refractivity contribution in [3.05, 3.63) is 18.3 Å². The Morgan fingerprint density at radius 3 is 2.65 bits per heavy atom. The minimum atomic E-state index is -3.60. The number of carboxylic acid groups (broad SMARTS) is 1. The number of carboxylic acids is 1. The summed E-state index contributed by atoms with van der Waals surface area (Å²) in [6.07, 6.45) is 4.09. The van der Waals surface area contributed by atoms with Crippen LogP contribution in [0.5, 0.6) is 0 Å². The zero-order chi connectivity index (χ0) is 17.0. The monoisotopic (exact) mass is 341 g/mol. The lowest BCUT2D eigenvalue weighted by atomic mass is 10.2. The maximum absolute atomic E-state index is 12.3. The first kappa shape index (κ1) is 17.7. The molecule has 0 radical (unpaired) electrons. The SMILES string of the molecule is CCC(CC)NS(=O)(=O)c1ccc(N2CCC[C@H]2C(=O)O)nc1. The molecule has 128 valence electrons. The van der Waals surface area contributed by atoms with Gasteiger partial charge in [0.15, 0.2) is 0 Å². The number of aromatic nitrogens is 1. The molecule has 23 heavy (non-hydrogen) atoms. The van der Waals surface area contributed by atoms with E-state index in [0.29, 0.717) is 18.8 Å². The van der Waals surface area contributed by atoms with Crippen molar-refractivity contribution in [1.82, 2.24) is 9.71 Å². The number of rotatable bonds is 7. The van der Waals surface area contributed by atoms with Gasteiger partial charge in [-0.15, -0.1) is 0 Å². The van der Waals surface area contributed by atoms with Crippen LogP contribution in [0, 0.1) is 0 Å². The van der Waals surface area contributed by atoms with E-state index < -0.39 is 22.0 Å². The maximum Gasteiger partial charge on any atom is 0.326 e. The van der Waals surface area contributed by atoms with E-state index >= 15 is 0 Å². The molecule has 0 aromatic carbocycles. The molecule has 7 nitrogen and oxygen atoms in total. The number of aliphatic carboxylic acids is 1. The van der Waals surface area contributed by atoms with Crippen LogP contribution in [-0.4, -0.2) is 43.1 Å². The molecule has 1 aromatic rings. The molecule has 0 aliphatic carbocycles. The van der Waals surface area contributed by atoms with Crippen molar-refractivity contribution in [3.8, 4) is 0 Å². The van der Waals surface area contributed by atoms with Crippen molar-refractivity contribution in [2.75, 3.05) is 11.4 Å². The molecule has 2 heterocycles. The molecule has 0 saturated carbocycles. The largest absolute Gasteiger partial charge is 0.480 e. The molecule has 2 N–H and O–H groups in total. The topological polar surface area (TPSA) is 99.6 Å². The summed E-state index contributed by atoms with van der Waals surface area (Å²) in [5.41, 5.74) is 0. The summed E-state index contributed by atoms with van der Waals surface area (Å²) in [6, 6.07) is 2.36. The fourth-order valence-electron chi connectivity index (χ4n) is 2.74. The van der Waals surface area contributed by atoms with Gasteiger partial charge in [0.05, 0.1) is 0 Å². The highest BCUT2D eigenvalue weighted by Crippen LogP contribution is 2.24. The lowest BCUT2D eigenvalue weighted by Crippen LogP contribution is -2.36. The lowest BCUT2D eigenvalue weighted by molar-refractivity contribution is -0.138. The fraction of sp³-hybridized carbons (Fsp3) is 0.600. The highest BCUT2D eigenvalue weighted by molar-refractivity contribution is 7.89. The Morgan fingerprint density at radius 2 is 2.13 bits per heavy atom. The minimum Gasteiger partial charge on any atom is -0.480 e. The maximum atomic E-state index is 12.3. The van der Waals surface area contributed by atoms with Crippen molar-refractivity contribution in [1.29, 1.82) is 0 Å². The van der Waals surface area contributed by atoms with Crippen molar-refractivity contribution in [2.24, 2.45) is 0 Å². The van der Waals surface area contributed by atoms with Crippen molar-refractivity contribution < 1.29 is 18.3 Å². The van der Waals surface area contributed by atoms with Gasteiger partial charge in [-0.2, -0.15) is 0 Å². The molecule has 8 heteroatoms. The van der Waals surface area contributed by atoms with Gasteiger partial charge < -0.3 is 10.0 Å². The van der Waals surface area contributed by atoms with E-state index in [2.05, 4.69) is 9.71 Å². The third kappa shape index (κ3) is 4.00. The predicted molar refractivity (Wildman–Crippen MR) is 86.9 cm³/mol. The molecule has 2 rings (SSSR count). The predicted octanol–water partition coefficient (Wildman–Crippen LogP) is 1.60. The Kier molecular flexibility index (Phi) is 5.59. The first-order chi connectivity index (χ1) is 10.9. The van der Waals surface area contributed by atoms with Crippen LogP contribution in [0.3, 0.4) is 0 Å². The first-order valence-corrected chi connectivity index (χ1v) is 9.35. The van der Waals surface area contributed by atoms with Crippen LogP contribution in [0.25, 0.3) is 0 Å². The van der Waals surface area contributed by atoms with Gasteiger partial charge in [-0.25, -0.2) is 22.9 Å². The quantitative estimate of drug-likeness (QED) is 0.781. The average Bonchev–Trinajstić information content (AvgIpc) is 3.02. The van der Waals surface area contributed by atoms with Gasteiger partial charge >= 0.3 is 5.97 Å². The van der Waals surface area contributed by atoms with Crippen molar-refractivity contribution >= 4 is 21.8 Å². The number of anilines is 1. The average molecular weight is 341 g/mol. The van der Waals surface area contributed by atoms with Crippen molar-refractivity contribution in [2.45, 2.75) is 56.5 Å². The first-order valence-electron chi connectivity index (χ1n) is 7.86. The van der Waals surface area contributed by atoms with Crippen molar-refractivity contribution in [3.63, 3.8) is 0 Å². The van der Waals surface area contributed by atoms with Gasteiger partial charge in [-0.1, -0.05) is 13.8 Å². The zero-order valence-corrected chi connectivity index (χ0v) is 14.2. The Bertz CT molecular complexity index is 641. The molecule has 1 atom stereocenters. The number of carbonyl (C=O) groups is 1. The van der Waals surface area contributed by atoms with Crippen LogP contribution in [0.4, 0.5) is 5.82 Å². The number of nitrogens with one attached hydrogen (secondary N) is 1. The van der Waals surface area contributed by atoms with E-state index in [9.17, 15) is 18.3 Å². The number of hydrogen-bond donors (Lipinski definition) is 2. The lowest BCUT2D eigenvalue weighted by Gasteiger charge is -2.22. The highest BCUT2D eigenvalue weighted by atomic mass is 32.2. The third-order valence-electron chi connectivity index (χ3n) is 4.17. The van der Waals surface area contributed by atoms with Gasteiger partial charge in [0.2, 0.25) is 10.0 Å². The molecule has 1 aliphatic heterocycles. The molecular formula is C15H23N3O4S. The van der Waals surface area contributed by atoms with Gasteiger partial charge in [-0.05, 0) is 37.8 Å². The second kappa shape index (κ2) is 7.27. The summed E-state index contributed by atoms with van der Waals surface area (Å²) in [5, 5.41) is 9.21. The van der Waals surface area contributed by atoms with Crippen LogP contribution >= 0.6 is 0 Å². The van der Waals surface area contributed by atoms with Gasteiger partial charge in [0.25, 0.3) is 0 Å². The number of nitrogens with zero attached hydrogens (tertiary/aromatic N) is 2. The molecule has 1 aromatic heterocycles. The summed E-state index contributed by atoms with van der Waals surface area (Å²) < 4.78 is 27.3. The zero-order valence-electron chi connectivity index (χ0n) is 13.4. The fourth-order valence-corrected chi connectivity index (χ4v) is 4.09. The molecule has 0 bridgehead atoms. The van der Waals surface area contributed by atoms with E-state index in [1.807, 2.05) is 13.8 Å². The second-order valence-electron chi connectivity index (χ2n) is 5.68. The van der Waals surface area contributed by atoms with Crippen LogP contribution in [-0.2, 0) is 14.8 Å². The van der Waals surface area contributed by atoms with E-state index in [-0.39, 0.29) is 10.9 Å². The molecule has 1 saturated heterocycles. The van der Waals surface area contributed by atoms with Crippen LogP contribution < -0.4 is 9.62 Å². The van der Waals surface area contributed by atoms with Crippen LogP contribution in [0.15, 0.2) is 23.2 Å². The summed E-state index contributed by atoms with van der Waals surface area (Å²) in [4.78, 5) is 17.2. The standard InChI is InChI=1S/C15H23N3O4S/c1-3-11(4-2)17-23(21,22)12-7-8-14(16-10-12)18-9-5-6-13(18)15(19)20/h7-8,10-11,13,17H,3-6,9H2,1-2H3,(H,19,20)/t13-/m0/s1. The summed E-state index contributed by atoms with van der Waals surface area (Å²) in [6.45, 7) is 4.47. The molecule has 0 spiro atoms. The van der Waals surface area contributed by atoms with Gasteiger partial charge in [0.1, 0.15) is 16.8 Å². The third-order valence-corrected chi connectivity index (χ3v) is 5.68. The number of pyridine rings is 1. The van der Waals surface area contributed by atoms with E-state index in [0.717, 1.165) is 19.3 Å². The Morgan fingerprint density at radius 1 is 1.43 bits per heavy atom. The number of sulfonamides is 1. The van der Waals surface area contributed by atoms with Crippen LogP contribution in [0.2, 0.25) is 0 Å². The smallest absolute Gasteiger partial charge is 0.326 e. The Labute approximate surface area is 136 Å². The molecular weight excluding hydrogens is 318 g/mol. The summed E-state index contributed by atoms with van der Waals surface area (Å²) in [5.74, 6) is -0.382. The summed E-state index contributed by atoms with van der Waals surface area (Å²) in [7, 11) is -3.60. The van der Waals surface area contributed by atoms with E-state index in [1.54, 1.807) is 11.0 Å². The second-order valence-corrected chi connectivity index (χ2v) is 7.39.